The molecule has 0 unspecified atom stereocenters. The normalized spacial score (nSPS) is 22.0. The highest BCUT2D eigenvalue weighted by atomic mass is 16.5. The highest BCUT2D eigenvalue weighted by Crippen LogP contribution is 2.37. The minimum absolute atomic E-state index is 0.191. The van der Waals surface area contributed by atoms with Crippen LogP contribution in [0, 0.1) is 5.92 Å². The van der Waals surface area contributed by atoms with Gasteiger partial charge in [0.25, 0.3) is 0 Å². The van der Waals surface area contributed by atoms with Gasteiger partial charge in [0.1, 0.15) is 11.5 Å². The third-order valence-electron chi connectivity index (χ3n) is 5.99. The molecule has 1 aromatic rings. The first-order valence-electron chi connectivity index (χ1n) is 9.78. The molecule has 2 fully saturated rings. The van der Waals surface area contributed by atoms with E-state index >= 15 is 0 Å². The monoisotopic (exact) mass is 360 g/mol. The zero-order chi connectivity index (χ0) is 18.7. The van der Waals surface area contributed by atoms with Crippen LogP contribution >= 0.6 is 0 Å². The summed E-state index contributed by atoms with van der Waals surface area (Å²) in [6.45, 7) is 8.16. The van der Waals surface area contributed by atoms with E-state index in [4.69, 9.17) is 9.47 Å². The summed E-state index contributed by atoms with van der Waals surface area (Å²) in [5, 5.41) is 0. The summed E-state index contributed by atoms with van der Waals surface area (Å²) >= 11 is 0. The lowest BCUT2D eigenvalue weighted by atomic mass is 9.94. The number of carbonyl (C=O) groups excluding carboxylic acids is 1. The van der Waals surface area contributed by atoms with Crippen LogP contribution < -0.4 is 9.47 Å². The number of nitrogens with zero attached hydrogens (tertiary/aromatic N) is 2. The molecule has 3 rings (SSSR count). The van der Waals surface area contributed by atoms with Crippen LogP contribution in [0.15, 0.2) is 18.2 Å². The average molecular weight is 360 g/mol. The molecular weight excluding hydrogens is 328 g/mol. The highest BCUT2D eigenvalue weighted by Gasteiger charge is 2.34. The van der Waals surface area contributed by atoms with Crippen LogP contribution in [-0.2, 0) is 4.79 Å². The first-order chi connectivity index (χ1) is 12.5. The molecule has 5 nitrogen and oxygen atoms in total. The lowest BCUT2D eigenvalue weighted by Gasteiger charge is -2.35. The van der Waals surface area contributed by atoms with Gasteiger partial charge in [-0.3, -0.25) is 4.79 Å². The Bertz CT molecular complexity index is 624. The van der Waals surface area contributed by atoms with E-state index in [1.54, 1.807) is 14.2 Å². The number of likely N-dealkylation sites (tertiary alicyclic amines) is 2. The second kappa shape index (κ2) is 8.30. The second-order valence-electron chi connectivity index (χ2n) is 7.78. The number of benzene rings is 1. The summed E-state index contributed by atoms with van der Waals surface area (Å²) in [7, 11) is 3.38. The zero-order valence-electron chi connectivity index (χ0n) is 16.5. The molecule has 5 heteroatoms. The number of amides is 1. The van der Waals surface area contributed by atoms with E-state index in [9.17, 15) is 4.79 Å². The Morgan fingerprint density at radius 2 is 1.81 bits per heavy atom. The molecule has 0 aliphatic carbocycles. The third-order valence-corrected chi connectivity index (χ3v) is 5.99. The SMILES string of the molecule is COc1ccc(OC)c([C@@H]2CCN(C(=O)C3CCN(C(C)C)CC3)C2)c1. The lowest BCUT2D eigenvalue weighted by Crippen LogP contribution is -2.43. The number of carbonyl (C=O) groups is 1. The van der Waals surface area contributed by atoms with E-state index in [0.717, 1.165) is 62.5 Å². The van der Waals surface area contributed by atoms with Crippen molar-refractivity contribution in [2.24, 2.45) is 5.92 Å². The molecule has 0 radical (unpaired) electrons. The number of piperidine rings is 1. The van der Waals surface area contributed by atoms with Gasteiger partial charge in [-0.2, -0.15) is 0 Å². The first kappa shape index (κ1) is 19.0. The van der Waals surface area contributed by atoms with Gasteiger partial charge in [-0.25, -0.2) is 0 Å². The Balaban J connectivity index is 1.63. The van der Waals surface area contributed by atoms with Gasteiger partial charge in [0, 0.05) is 36.5 Å². The van der Waals surface area contributed by atoms with Gasteiger partial charge in [-0.05, 0) is 64.4 Å². The van der Waals surface area contributed by atoms with Crippen LogP contribution in [0.4, 0.5) is 0 Å². The van der Waals surface area contributed by atoms with Gasteiger partial charge in [0.15, 0.2) is 0 Å². The number of methoxy groups -OCH3 is 2. The molecule has 0 saturated carbocycles. The van der Waals surface area contributed by atoms with Crippen LogP contribution in [0.25, 0.3) is 0 Å². The topological polar surface area (TPSA) is 42.0 Å². The molecule has 2 saturated heterocycles. The second-order valence-corrected chi connectivity index (χ2v) is 7.78. The largest absolute Gasteiger partial charge is 0.497 e. The Morgan fingerprint density at radius 3 is 2.42 bits per heavy atom. The van der Waals surface area contributed by atoms with E-state index in [-0.39, 0.29) is 5.92 Å². The summed E-state index contributed by atoms with van der Waals surface area (Å²) in [5.74, 6) is 2.58. The fraction of sp³-hybridized carbons (Fsp3) is 0.667. The molecule has 0 spiro atoms. The molecular formula is C21H32N2O3. The van der Waals surface area contributed by atoms with E-state index < -0.39 is 0 Å². The molecule has 1 atom stereocenters. The van der Waals surface area contributed by atoms with Crippen LogP contribution in [-0.4, -0.2) is 62.1 Å². The predicted octanol–water partition coefficient (Wildman–Crippen LogP) is 3.14. The maximum absolute atomic E-state index is 13.0. The fourth-order valence-electron chi connectivity index (χ4n) is 4.29. The minimum Gasteiger partial charge on any atom is -0.497 e. The van der Waals surface area contributed by atoms with Crippen LogP contribution in [0.3, 0.4) is 0 Å². The first-order valence-corrected chi connectivity index (χ1v) is 9.78. The average Bonchev–Trinajstić information content (AvgIpc) is 3.17. The quantitative estimate of drug-likeness (QED) is 0.809. The Kier molecular flexibility index (Phi) is 6.07. The molecule has 2 aliphatic heterocycles. The minimum atomic E-state index is 0.191. The van der Waals surface area contributed by atoms with Crippen molar-refractivity contribution in [3.63, 3.8) is 0 Å². The van der Waals surface area contributed by atoms with Gasteiger partial charge >= 0.3 is 0 Å². The molecule has 0 aromatic heterocycles. The number of rotatable bonds is 5. The Labute approximate surface area is 157 Å². The molecule has 2 heterocycles. The molecule has 0 N–H and O–H groups in total. The summed E-state index contributed by atoms with van der Waals surface area (Å²) in [5.41, 5.74) is 1.15. The van der Waals surface area contributed by atoms with E-state index in [0.29, 0.717) is 17.9 Å². The fourth-order valence-corrected chi connectivity index (χ4v) is 4.29. The Hall–Kier alpha value is -1.75. The van der Waals surface area contributed by atoms with E-state index in [1.165, 1.54) is 0 Å². The lowest BCUT2D eigenvalue weighted by molar-refractivity contribution is -0.136. The molecule has 1 amide bonds. The molecule has 144 valence electrons. The van der Waals surface area contributed by atoms with E-state index in [2.05, 4.69) is 29.7 Å². The van der Waals surface area contributed by atoms with Gasteiger partial charge in [0.05, 0.1) is 14.2 Å². The van der Waals surface area contributed by atoms with Crippen molar-refractivity contribution in [3.05, 3.63) is 23.8 Å². The molecule has 2 aliphatic rings. The summed E-state index contributed by atoms with van der Waals surface area (Å²) in [6.07, 6.45) is 2.96. The van der Waals surface area contributed by atoms with Crippen molar-refractivity contribution in [2.75, 3.05) is 40.4 Å². The van der Waals surface area contributed by atoms with Gasteiger partial charge in [-0.1, -0.05) is 0 Å². The molecule has 26 heavy (non-hydrogen) atoms. The summed E-state index contributed by atoms with van der Waals surface area (Å²) in [6, 6.07) is 6.50. The number of ether oxygens (including phenoxy) is 2. The van der Waals surface area contributed by atoms with Crippen LogP contribution in [0.5, 0.6) is 11.5 Å². The zero-order valence-corrected chi connectivity index (χ0v) is 16.5. The summed E-state index contributed by atoms with van der Waals surface area (Å²) in [4.78, 5) is 17.5. The van der Waals surface area contributed by atoms with Crippen LogP contribution in [0.2, 0.25) is 0 Å². The highest BCUT2D eigenvalue weighted by molar-refractivity contribution is 5.79. The van der Waals surface area contributed by atoms with E-state index in [1.807, 2.05) is 12.1 Å². The standard InChI is InChI=1S/C21H32N2O3/c1-15(2)22-10-7-16(8-11-22)21(24)23-12-9-17(14-23)19-13-18(25-3)5-6-20(19)26-4/h5-6,13,15-17H,7-12,14H2,1-4H3/t17-/m1/s1. The predicted molar refractivity (Wildman–Crippen MR) is 103 cm³/mol. The van der Waals surface area contributed by atoms with Crippen molar-refractivity contribution < 1.29 is 14.3 Å². The summed E-state index contributed by atoms with van der Waals surface area (Å²) < 4.78 is 10.9. The van der Waals surface area contributed by atoms with Gasteiger partial charge in [-0.15, -0.1) is 0 Å². The van der Waals surface area contributed by atoms with Gasteiger partial charge < -0.3 is 19.3 Å². The smallest absolute Gasteiger partial charge is 0.225 e. The number of hydrogen-bond acceptors (Lipinski definition) is 4. The van der Waals surface area contributed by atoms with Crippen molar-refractivity contribution in [2.45, 2.75) is 45.1 Å². The number of hydrogen-bond donors (Lipinski definition) is 0. The van der Waals surface area contributed by atoms with Crippen molar-refractivity contribution in [1.82, 2.24) is 9.80 Å². The van der Waals surface area contributed by atoms with Gasteiger partial charge in [0.2, 0.25) is 5.91 Å². The van der Waals surface area contributed by atoms with Crippen molar-refractivity contribution >= 4 is 5.91 Å². The van der Waals surface area contributed by atoms with Crippen molar-refractivity contribution in [1.29, 1.82) is 0 Å². The third kappa shape index (κ3) is 3.98. The Morgan fingerprint density at radius 1 is 1.08 bits per heavy atom. The maximum Gasteiger partial charge on any atom is 0.225 e. The van der Waals surface area contributed by atoms with Crippen LogP contribution in [0.1, 0.15) is 44.6 Å². The molecule has 0 bridgehead atoms. The van der Waals surface area contributed by atoms with Crippen molar-refractivity contribution in [3.8, 4) is 11.5 Å². The molecule has 1 aromatic carbocycles. The maximum atomic E-state index is 13.0.